The van der Waals surface area contributed by atoms with Crippen LogP contribution >= 0.6 is 0 Å². The number of rotatable bonds is 6. The number of phenolic OH excluding ortho intramolecular Hbond substituents is 1. The number of hydrogen-bond donors (Lipinski definition) is 2. The van der Waals surface area contributed by atoms with E-state index in [1.165, 1.54) is 13.2 Å². The molecule has 0 aromatic heterocycles. The Morgan fingerprint density at radius 2 is 1.90 bits per heavy atom. The fourth-order valence-electron chi connectivity index (χ4n) is 1.93. The number of hydrogen-bond acceptors (Lipinski definition) is 4. The Kier molecular flexibility index (Phi) is 4.87. The number of benzene rings is 2. The molecule has 0 bridgehead atoms. The average Bonchev–Trinajstić information content (AvgIpc) is 2.48. The van der Waals surface area contributed by atoms with Gasteiger partial charge in [0.1, 0.15) is 0 Å². The van der Waals surface area contributed by atoms with Crippen molar-refractivity contribution in [1.29, 1.82) is 0 Å². The van der Waals surface area contributed by atoms with Gasteiger partial charge in [0.15, 0.2) is 23.1 Å². The molecule has 0 amide bonds. The third-order valence-corrected chi connectivity index (χ3v) is 2.97. The van der Waals surface area contributed by atoms with Gasteiger partial charge >= 0.3 is 0 Å². The van der Waals surface area contributed by atoms with Gasteiger partial charge in [0.05, 0.1) is 13.7 Å². The van der Waals surface area contributed by atoms with Crippen LogP contribution in [0.4, 0.5) is 10.1 Å². The van der Waals surface area contributed by atoms with Crippen LogP contribution in [0.2, 0.25) is 0 Å². The van der Waals surface area contributed by atoms with Crippen molar-refractivity contribution in [2.75, 3.05) is 19.0 Å². The van der Waals surface area contributed by atoms with Gasteiger partial charge in [-0.3, -0.25) is 0 Å². The van der Waals surface area contributed by atoms with Crippen LogP contribution in [-0.2, 0) is 6.54 Å². The molecule has 0 aliphatic heterocycles. The maximum Gasteiger partial charge on any atom is 0.167 e. The second kappa shape index (κ2) is 6.83. The molecular weight excluding hydrogens is 273 g/mol. The van der Waals surface area contributed by atoms with Crippen molar-refractivity contribution in [1.82, 2.24) is 0 Å². The highest BCUT2D eigenvalue weighted by molar-refractivity contribution is 5.49. The van der Waals surface area contributed by atoms with Crippen LogP contribution in [0, 0.1) is 5.82 Å². The topological polar surface area (TPSA) is 50.7 Å². The summed E-state index contributed by atoms with van der Waals surface area (Å²) in [7, 11) is 1.50. The summed E-state index contributed by atoms with van der Waals surface area (Å²) in [5, 5.41) is 12.8. The first-order valence-corrected chi connectivity index (χ1v) is 6.66. The fourth-order valence-corrected chi connectivity index (χ4v) is 1.93. The van der Waals surface area contributed by atoms with Gasteiger partial charge in [-0.15, -0.1) is 0 Å². The van der Waals surface area contributed by atoms with Gasteiger partial charge in [-0.2, -0.15) is 0 Å². The highest BCUT2D eigenvalue weighted by Crippen LogP contribution is 2.27. The smallest absolute Gasteiger partial charge is 0.167 e. The average molecular weight is 291 g/mol. The normalized spacial score (nSPS) is 10.2. The van der Waals surface area contributed by atoms with E-state index in [0.29, 0.717) is 24.6 Å². The van der Waals surface area contributed by atoms with Crippen LogP contribution in [0.25, 0.3) is 0 Å². The highest BCUT2D eigenvalue weighted by Gasteiger charge is 2.05. The van der Waals surface area contributed by atoms with E-state index in [4.69, 9.17) is 9.47 Å². The Balaban J connectivity index is 2.02. The minimum Gasteiger partial charge on any atom is -0.504 e. The third kappa shape index (κ3) is 3.78. The zero-order chi connectivity index (χ0) is 15.2. The molecule has 0 saturated heterocycles. The molecule has 0 spiro atoms. The monoisotopic (exact) mass is 291 g/mol. The van der Waals surface area contributed by atoms with Crippen LogP contribution in [0.5, 0.6) is 17.2 Å². The van der Waals surface area contributed by atoms with E-state index < -0.39 is 5.82 Å². The molecule has 4 nitrogen and oxygen atoms in total. The zero-order valence-corrected chi connectivity index (χ0v) is 12.0. The Labute approximate surface area is 123 Å². The van der Waals surface area contributed by atoms with Crippen molar-refractivity contribution < 1.29 is 19.0 Å². The number of phenols is 1. The summed E-state index contributed by atoms with van der Waals surface area (Å²) in [6.45, 7) is 2.70. The molecule has 2 aromatic carbocycles. The molecule has 0 fully saturated rings. The summed E-state index contributed by atoms with van der Waals surface area (Å²) in [6.07, 6.45) is 0. The van der Waals surface area contributed by atoms with E-state index in [-0.39, 0.29) is 11.5 Å². The quantitative estimate of drug-likeness (QED) is 0.854. The van der Waals surface area contributed by atoms with Crippen LogP contribution in [-0.4, -0.2) is 18.8 Å². The SMILES string of the molecule is CCOc1ccc(NCc2ccc(OC)c(O)c2)cc1F. The summed E-state index contributed by atoms with van der Waals surface area (Å²) >= 11 is 0. The molecule has 2 aromatic rings. The Morgan fingerprint density at radius 1 is 1.14 bits per heavy atom. The first-order valence-electron chi connectivity index (χ1n) is 6.66. The van der Waals surface area contributed by atoms with Crippen LogP contribution in [0.15, 0.2) is 36.4 Å². The molecular formula is C16H18FNO3. The summed E-state index contributed by atoms with van der Waals surface area (Å²) in [5.41, 5.74) is 1.51. The minimum absolute atomic E-state index is 0.0784. The molecule has 112 valence electrons. The Morgan fingerprint density at radius 3 is 2.52 bits per heavy atom. The summed E-state index contributed by atoms with van der Waals surface area (Å²) in [5.74, 6) is 0.338. The molecule has 0 aliphatic rings. The van der Waals surface area contributed by atoms with E-state index in [2.05, 4.69) is 5.32 Å². The maximum absolute atomic E-state index is 13.7. The number of aromatic hydroxyl groups is 1. The lowest BCUT2D eigenvalue weighted by atomic mass is 10.2. The summed E-state index contributed by atoms with van der Waals surface area (Å²) in [6, 6.07) is 9.84. The lowest BCUT2D eigenvalue weighted by Crippen LogP contribution is -2.01. The summed E-state index contributed by atoms with van der Waals surface area (Å²) in [4.78, 5) is 0. The third-order valence-electron chi connectivity index (χ3n) is 2.97. The van der Waals surface area contributed by atoms with Crippen molar-refractivity contribution in [3.63, 3.8) is 0 Å². The van der Waals surface area contributed by atoms with Gasteiger partial charge in [0.2, 0.25) is 0 Å². The number of anilines is 1. The van der Waals surface area contributed by atoms with Crippen molar-refractivity contribution in [2.45, 2.75) is 13.5 Å². The van der Waals surface area contributed by atoms with Crippen LogP contribution < -0.4 is 14.8 Å². The first kappa shape index (κ1) is 15.0. The number of halogens is 1. The standard InChI is InChI=1S/C16H18FNO3/c1-3-21-15-7-5-12(9-13(15)17)18-10-11-4-6-16(20-2)14(19)8-11/h4-9,18-19H,3,10H2,1-2H3. The molecule has 0 radical (unpaired) electrons. The fraction of sp³-hybridized carbons (Fsp3) is 0.250. The van der Waals surface area contributed by atoms with Gasteiger partial charge in [0, 0.05) is 18.3 Å². The predicted octanol–water partition coefficient (Wildman–Crippen LogP) is 3.55. The van der Waals surface area contributed by atoms with Crippen molar-refractivity contribution in [3.05, 3.63) is 47.8 Å². The number of ether oxygens (including phenoxy) is 2. The van der Waals surface area contributed by atoms with E-state index >= 15 is 0 Å². The molecule has 0 aliphatic carbocycles. The molecule has 2 rings (SSSR count). The van der Waals surface area contributed by atoms with Crippen LogP contribution in [0.1, 0.15) is 12.5 Å². The van der Waals surface area contributed by atoms with E-state index in [9.17, 15) is 9.50 Å². The molecule has 0 saturated carbocycles. The lowest BCUT2D eigenvalue weighted by Gasteiger charge is -2.10. The predicted molar refractivity (Wildman–Crippen MR) is 79.6 cm³/mol. The maximum atomic E-state index is 13.7. The van der Waals surface area contributed by atoms with Crippen molar-refractivity contribution in [3.8, 4) is 17.2 Å². The minimum atomic E-state index is -0.403. The van der Waals surface area contributed by atoms with Crippen molar-refractivity contribution >= 4 is 5.69 Å². The second-order valence-electron chi connectivity index (χ2n) is 4.44. The Hall–Kier alpha value is -2.43. The van der Waals surface area contributed by atoms with E-state index in [0.717, 1.165) is 5.56 Å². The number of methoxy groups -OCH3 is 1. The molecule has 2 N–H and O–H groups in total. The Bertz CT molecular complexity index is 616. The van der Waals surface area contributed by atoms with Crippen LogP contribution in [0.3, 0.4) is 0 Å². The summed E-state index contributed by atoms with van der Waals surface area (Å²) < 4.78 is 23.8. The molecule has 5 heteroatoms. The largest absolute Gasteiger partial charge is 0.504 e. The molecule has 0 heterocycles. The molecule has 0 unspecified atom stereocenters. The van der Waals surface area contributed by atoms with Gasteiger partial charge < -0.3 is 19.9 Å². The van der Waals surface area contributed by atoms with Crippen molar-refractivity contribution in [2.24, 2.45) is 0 Å². The first-order chi connectivity index (χ1) is 10.1. The van der Waals surface area contributed by atoms with Gasteiger partial charge in [-0.25, -0.2) is 4.39 Å². The van der Waals surface area contributed by atoms with Gasteiger partial charge in [0.25, 0.3) is 0 Å². The number of nitrogens with one attached hydrogen (secondary N) is 1. The second-order valence-corrected chi connectivity index (χ2v) is 4.44. The molecule has 21 heavy (non-hydrogen) atoms. The lowest BCUT2D eigenvalue weighted by molar-refractivity contribution is 0.321. The highest BCUT2D eigenvalue weighted by atomic mass is 19.1. The zero-order valence-electron chi connectivity index (χ0n) is 12.0. The van der Waals surface area contributed by atoms with E-state index in [1.54, 1.807) is 24.3 Å². The molecule has 0 atom stereocenters. The van der Waals surface area contributed by atoms with Gasteiger partial charge in [-0.05, 0) is 36.8 Å². The van der Waals surface area contributed by atoms with Gasteiger partial charge in [-0.1, -0.05) is 6.07 Å². The van der Waals surface area contributed by atoms with E-state index in [1.807, 2.05) is 13.0 Å².